The van der Waals surface area contributed by atoms with Crippen LogP contribution in [0.4, 0.5) is 0 Å². The van der Waals surface area contributed by atoms with E-state index >= 15 is 0 Å². The number of halogens is 1. The lowest BCUT2D eigenvalue weighted by Crippen LogP contribution is -2.19. The molecule has 1 N–H and O–H groups in total. The van der Waals surface area contributed by atoms with Crippen LogP contribution in [0.1, 0.15) is 22.7 Å². The Morgan fingerprint density at radius 2 is 1.81 bits per heavy atom. The van der Waals surface area contributed by atoms with Crippen molar-refractivity contribution in [3.8, 4) is 0 Å². The van der Waals surface area contributed by atoms with E-state index in [1.165, 1.54) is 27.5 Å². The summed E-state index contributed by atoms with van der Waals surface area (Å²) in [6.45, 7) is 2.15. The Kier molecular flexibility index (Phi) is 4.04. The van der Waals surface area contributed by atoms with E-state index in [-0.39, 0.29) is 6.04 Å². The molecule has 2 nitrogen and oxygen atoms in total. The molecule has 1 heterocycles. The second-order valence-corrected chi connectivity index (χ2v) is 5.97. The summed E-state index contributed by atoms with van der Waals surface area (Å²) < 4.78 is 1.14. The van der Waals surface area contributed by atoms with E-state index in [9.17, 15) is 0 Å². The van der Waals surface area contributed by atoms with Crippen LogP contribution in [-0.2, 0) is 0 Å². The van der Waals surface area contributed by atoms with E-state index in [1.807, 2.05) is 19.4 Å². The highest BCUT2D eigenvalue weighted by Gasteiger charge is 2.17. The SMILES string of the molecule is CNC(c1cccc(Br)c1C)c1cccc2cnccc12. The van der Waals surface area contributed by atoms with Gasteiger partial charge in [0.2, 0.25) is 0 Å². The molecule has 1 atom stereocenters. The summed E-state index contributed by atoms with van der Waals surface area (Å²) >= 11 is 3.63. The van der Waals surface area contributed by atoms with Gasteiger partial charge in [-0.05, 0) is 48.2 Å². The van der Waals surface area contributed by atoms with Crippen LogP contribution in [0, 0.1) is 6.92 Å². The Morgan fingerprint density at radius 3 is 2.62 bits per heavy atom. The highest BCUT2D eigenvalue weighted by molar-refractivity contribution is 9.10. The molecule has 2 aromatic carbocycles. The van der Waals surface area contributed by atoms with Gasteiger partial charge in [-0.1, -0.05) is 46.3 Å². The lowest BCUT2D eigenvalue weighted by atomic mass is 9.92. The van der Waals surface area contributed by atoms with Crippen molar-refractivity contribution in [1.82, 2.24) is 10.3 Å². The zero-order valence-electron chi connectivity index (χ0n) is 12.1. The van der Waals surface area contributed by atoms with Crippen LogP contribution in [0.5, 0.6) is 0 Å². The second kappa shape index (κ2) is 5.96. The third-order valence-corrected chi connectivity index (χ3v) is 4.79. The maximum Gasteiger partial charge on any atom is 0.0583 e. The summed E-state index contributed by atoms with van der Waals surface area (Å²) in [6, 6.07) is 15.0. The zero-order valence-corrected chi connectivity index (χ0v) is 13.7. The van der Waals surface area contributed by atoms with Crippen molar-refractivity contribution in [3.63, 3.8) is 0 Å². The molecule has 0 radical (unpaired) electrons. The molecule has 0 spiro atoms. The van der Waals surface area contributed by atoms with Gasteiger partial charge in [0.25, 0.3) is 0 Å². The number of nitrogens with zero attached hydrogens (tertiary/aromatic N) is 1. The number of rotatable bonds is 3. The molecule has 1 aromatic heterocycles. The number of hydrogen-bond donors (Lipinski definition) is 1. The maximum absolute atomic E-state index is 4.22. The van der Waals surface area contributed by atoms with Gasteiger partial charge in [-0.25, -0.2) is 0 Å². The molecule has 3 rings (SSSR count). The molecule has 3 aromatic rings. The van der Waals surface area contributed by atoms with E-state index in [0.717, 1.165) is 4.47 Å². The molecule has 0 saturated carbocycles. The molecule has 0 saturated heterocycles. The van der Waals surface area contributed by atoms with Gasteiger partial charge >= 0.3 is 0 Å². The molecular formula is C18H17BrN2. The van der Waals surface area contributed by atoms with Crippen molar-refractivity contribution < 1.29 is 0 Å². The van der Waals surface area contributed by atoms with Gasteiger partial charge in [-0.2, -0.15) is 0 Å². The lowest BCUT2D eigenvalue weighted by Gasteiger charge is -2.21. The smallest absolute Gasteiger partial charge is 0.0583 e. The lowest BCUT2D eigenvalue weighted by molar-refractivity contribution is 0.692. The van der Waals surface area contributed by atoms with Gasteiger partial charge in [0, 0.05) is 22.3 Å². The standard InChI is InChI=1S/C18H17BrN2/c1-12-14(6-4-8-17(12)19)18(20-2)16-7-3-5-13-11-21-10-9-15(13)16/h3-11,18,20H,1-2H3. The number of pyridine rings is 1. The summed E-state index contributed by atoms with van der Waals surface area (Å²) in [5.41, 5.74) is 3.83. The summed E-state index contributed by atoms with van der Waals surface area (Å²) in [6.07, 6.45) is 3.77. The first-order chi connectivity index (χ1) is 10.2. The van der Waals surface area contributed by atoms with Crippen LogP contribution in [0.15, 0.2) is 59.3 Å². The minimum Gasteiger partial charge on any atom is -0.309 e. The van der Waals surface area contributed by atoms with Crippen molar-refractivity contribution in [2.24, 2.45) is 0 Å². The second-order valence-electron chi connectivity index (χ2n) is 5.12. The van der Waals surface area contributed by atoms with Gasteiger partial charge < -0.3 is 5.32 Å². The van der Waals surface area contributed by atoms with Crippen molar-refractivity contribution in [2.75, 3.05) is 7.05 Å². The van der Waals surface area contributed by atoms with E-state index in [4.69, 9.17) is 0 Å². The Bertz CT molecular complexity index is 778. The molecule has 21 heavy (non-hydrogen) atoms. The first-order valence-corrected chi connectivity index (χ1v) is 7.76. The topological polar surface area (TPSA) is 24.9 Å². The highest BCUT2D eigenvalue weighted by Crippen LogP contribution is 2.32. The summed E-state index contributed by atoms with van der Waals surface area (Å²) in [4.78, 5) is 4.22. The number of nitrogens with one attached hydrogen (secondary N) is 1. The van der Waals surface area contributed by atoms with Gasteiger partial charge in [0.05, 0.1) is 6.04 Å². The van der Waals surface area contributed by atoms with Gasteiger partial charge in [-0.15, -0.1) is 0 Å². The molecule has 0 fully saturated rings. The Balaban J connectivity index is 2.21. The van der Waals surface area contributed by atoms with Crippen LogP contribution in [0.3, 0.4) is 0 Å². The van der Waals surface area contributed by atoms with Gasteiger partial charge in [0.1, 0.15) is 0 Å². The Labute approximate surface area is 133 Å². The molecule has 0 aliphatic carbocycles. The quantitative estimate of drug-likeness (QED) is 0.752. The normalized spacial score (nSPS) is 12.5. The van der Waals surface area contributed by atoms with E-state index < -0.39 is 0 Å². The molecular weight excluding hydrogens is 324 g/mol. The fraction of sp³-hybridized carbons (Fsp3) is 0.167. The van der Waals surface area contributed by atoms with E-state index in [1.54, 1.807) is 0 Å². The third-order valence-electron chi connectivity index (χ3n) is 3.93. The fourth-order valence-corrected chi connectivity index (χ4v) is 3.20. The van der Waals surface area contributed by atoms with Crippen LogP contribution in [-0.4, -0.2) is 12.0 Å². The van der Waals surface area contributed by atoms with Crippen LogP contribution in [0.25, 0.3) is 10.8 Å². The predicted octanol–water partition coefficient (Wildman–Crippen LogP) is 4.61. The van der Waals surface area contributed by atoms with Gasteiger partial charge in [-0.3, -0.25) is 4.98 Å². The van der Waals surface area contributed by atoms with Crippen LogP contribution < -0.4 is 5.32 Å². The fourth-order valence-electron chi connectivity index (χ4n) is 2.81. The molecule has 0 amide bonds. The monoisotopic (exact) mass is 340 g/mol. The van der Waals surface area contributed by atoms with Crippen molar-refractivity contribution in [1.29, 1.82) is 0 Å². The molecule has 3 heteroatoms. The van der Waals surface area contributed by atoms with E-state index in [0.29, 0.717) is 0 Å². The predicted molar refractivity (Wildman–Crippen MR) is 91.5 cm³/mol. The minimum absolute atomic E-state index is 0.161. The number of hydrogen-bond acceptors (Lipinski definition) is 2. The maximum atomic E-state index is 4.22. The van der Waals surface area contributed by atoms with Crippen molar-refractivity contribution in [3.05, 3.63) is 76.0 Å². The Hall–Kier alpha value is -1.71. The summed E-state index contributed by atoms with van der Waals surface area (Å²) in [5.74, 6) is 0. The summed E-state index contributed by atoms with van der Waals surface area (Å²) in [5, 5.41) is 5.86. The summed E-state index contributed by atoms with van der Waals surface area (Å²) in [7, 11) is 2.00. The van der Waals surface area contributed by atoms with Crippen LogP contribution >= 0.6 is 15.9 Å². The van der Waals surface area contributed by atoms with Crippen molar-refractivity contribution in [2.45, 2.75) is 13.0 Å². The number of aromatic nitrogens is 1. The Morgan fingerprint density at radius 1 is 1.05 bits per heavy atom. The largest absolute Gasteiger partial charge is 0.309 e. The van der Waals surface area contributed by atoms with Crippen LogP contribution in [0.2, 0.25) is 0 Å². The molecule has 0 aliphatic heterocycles. The van der Waals surface area contributed by atoms with E-state index in [2.05, 4.69) is 75.6 Å². The molecule has 0 aliphatic rings. The number of benzene rings is 2. The average Bonchev–Trinajstić information content (AvgIpc) is 2.52. The first kappa shape index (κ1) is 14.2. The number of fused-ring (bicyclic) bond motifs is 1. The molecule has 0 bridgehead atoms. The highest BCUT2D eigenvalue weighted by atomic mass is 79.9. The third kappa shape index (κ3) is 2.59. The molecule has 1 unspecified atom stereocenters. The minimum atomic E-state index is 0.161. The molecule has 106 valence electrons. The first-order valence-electron chi connectivity index (χ1n) is 6.97. The zero-order chi connectivity index (χ0) is 14.8. The average molecular weight is 341 g/mol. The van der Waals surface area contributed by atoms with Gasteiger partial charge in [0.15, 0.2) is 0 Å². The van der Waals surface area contributed by atoms with Crippen molar-refractivity contribution >= 4 is 26.7 Å².